The molecule has 6 aliphatic carbocycles. The quantitative estimate of drug-likeness (QED) is 0.409. The number of esters is 1. The van der Waals surface area contributed by atoms with E-state index in [4.69, 9.17) is 4.74 Å². The summed E-state index contributed by atoms with van der Waals surface area (Å²) in [6.07, 6.45) is 9.83. The van der Waals surface area contributed by atoms with Gasteiger partial charge in [-0.1, -0.05) is 52.4 Å². The van der Waals surface area contributed by atoms with Gasteiger partial charge in [0.1, 0.15) is 0 Å². The van der Waals surface area contributed by atoms with Crippen molar-refractivity contribution < 1.29 is 9.53 Å². The van der Waals surface area contributed by atoms with Crippen molar-refractivity contribution in [2.45, 2.75) is 65.2 Å². The lowest BCUT2D eigenvalue weighted by Gasteiger charge is -3.07. The van der Waals surface area contributed by atoms with Gasteiger partial charge < -0.3 is 4.74 Å². The average molecular weight is 316 g/mol. The first kappa shape index (κ1) is 14.8. The Hall–Kier alpha value is -0.530. The highest BCUT2D eigenvalue weighted by atomic mass is 16.5. The molecule has 0 heterocycles. The molecular formula is C21H32O2. The topological polar surface area (TPSA) is 26.3 Å². The van der Waals surface area contributed by atoms with Crippen molar-refractivity contribution in [3.05, 3.63) is 0 Å². The van der Waals surface area contributed by atoms with Crippen molar-refractivity contribution in [3.8, 4) is 0 Å². The molecule has 128 valence electrons. The third-order valence-corrected chi connectivity index (χ3v) is 8.57. The van der Waals surface area contributed by atoms with Crippen LogP contribution in [0.4, 0.5) is 0 Å². The lowest BCUT2D eigenvalue weighted by Crippen LogP contribution is -3.05. The molecule has 23 heavy (non-hydrogen) atoms. The molecule has 0 atom stereocenters. The van der Waals surface area contributed by atoms with E-state index in [1.54, 1.807) is 0 Å². The molecule has 6 aliphatic rings. The molecule has 0 aliphatic heterocycles. The first-order chi connectivity index (χ1) is 11.2. The van der Waals surface area contributed by atoms with E-state index in [0.29, 0.717) is 12.0 Å². The monoisotopic (exact) mass is 316 g/mol. The summed E-state index contributed by atoms with van der Waals surface area (Å²) < 4.78 is 5.54. The third kappa shape index (κ3) is 1.64. The van der Waals surface area contributed by atoms with E-state index < -0.39 is 0 Å². The number of unbranched alkanes of at least 4 members (excludes halogenated alkanes) is 5. The van der Waals surface area contributed by atoms with Gasteiger partial charge in [-0.2, -0.15) is 0 Å². The molecular weight excluding hydrogens is 284 g/mol. The minimum absolute atomic E-state index is 0.123. The van der Waals surface area contributed by atoms with E-state index in [9.17, 15) is 4.79 Å². The summed E-state index contributed by atoms with van der Waals surface area (Å²) in [4.78, 5) is 12.1. The van der Waals surface area contributed by atoms with E-state index in [0.717, 1.165) is 60.2 Å². The van der Waals surface area contributed by atoms with Gasteiger partial charge in [-0.15, -0.1) is 0 Å². The van der Waals surface area contributed by atoms with Crippen molar-refractivity contribution in [1.82, 2.24) is 0 Å². The van der Waals surface area contributed by atoms with Gasteiger partial charge >= 0.3 is 5.97 Å². The van der Waals surface area contributed by atoms with Crippen LogP contribution >= 0.6 is 0 Å². The Bertz CT molecular complexity index is 457. The van der Waals surface area contributed by atoms with Crippen LogP contribution in [0, 0.1) is 52.8 Å². The maximum Gasteiger partial charge on any atom is 0.306 e. The van der Waals surface area contributed by atoms with E-state index >= 15 is 0 Å². The molecule has 6 rings (SSSR count). The minimum Gasteiger partial charge on any atom is -0.466 e. The second kappa shape index (κ2) is 4.99. The van der Waals surface area contributed by atoms with Crippen LogP contribution in [-0.4, -0.2) is 12.6 Å². The Balaban J connectivity index is 0.910. The molecule has 0 spiro atoms. The van der Waals surface area contributed by atoms with Crippen molar-refractivity contribution in [2.75, 3.05) is 6.61 Å². The molecule has 6 saturated carbocycles. The molecule has 0 aromatic rings. The van der Waals surface area contributed by atoms with Crippen LogP contribution in [0.5, 0.6) is 0 Å². The van der Waals surface area contributed by atoms with Gasteiger partial charge in [-0.05, 0) is 59.2 Å². The second-order valence-electron chi connectivity index (χ2n) is 9.70. The summed E-state index contributed by atoms with van der Waals surface area (Å²) in [5.41, 5.74) is 0.502. The number of carbonyl (C=O) groups excluding carboxylic acids is 1. The van der Waals surface area contributed by atoms with Crippen LogP contribution in [0.3, 0.4) is 0 Å². The summed E-state index contributed by atoms with van der Waals surface area (Å²) in [7, 11) is 0. The Morgan fingerprint density at radius 1 is 0.870 bits per heavy atom. The lowest BCUT2D eigenvalue weighted by molar-refractivity contribution is -0.613. The predicted octanol–water partition coefficient (Wildman–Crippen LogP) is 4.67. The van der Waals surface area contributed by atoms with Crippen LogP contribution in [0.15, 0.2) is 0 Å². The van der Waals surface area contributed by atoms with Gasteiger partial charge in [-0.3, -0.25) is 4.79 Å². The van der Waals surface area contributed by atoms with E-state index in [2.05, 4.69) is 13.8 Å². The highest BCUT2D eigenvalue weighted by Gasteiger charge is 3.04. The molecule has 2 nitrogen and oxygen atoms in total. The standard InChI is InChI=1S/C21H32O2/c1-12(2)9-7-5-3-4-6-8-10-23-13(22)11-21-18-15-14-16(18)20(21)17(14)19(15)21/h12,14-20H,3-11H2,1-2H3. The molecule has 2 heteroatoms. The lowest BCUT2D eigenvalue weighted by atomic mass is 8.96. The summed E-state index contributed by atoms with van der Waals surface area (Å²) in [5.74, 6) is 8.29. The molecule has 0 N–H and O–H groups in total. The van der Waals surface area contributed by atoms with Crippen molar-refractivity contribution >= 4 is 5.97 Å². The summed E-state index contributed by atoms with van der Waals surface area (Å²) in [6, 6.07) is 0. The van der Waals surface area contributed by atoms with Gasteiger partial charge in [0.2, 0.25) is 0 Å². The van der Waals surface area contributed by atoms with Crippen LogP contribution in [0.25, 0.3) is 0 Å². The van der Waals surface area contributed by atoms with Gasteiger partial charge in [0.25, 0.3) is 0 Å². The largest absolute Gasteiger partial charge is 0.466 e. The third-order valence-electron chi connectivity index (χ3n) is 8.57. The predicted molar refractivity (Wildman–Crippen MR) is 89.6 cm³/mol. The maximum absolute atomic E-state index is 12.1. The van der Waals surface area contributed by atoms with E-state index in [-0.39, 0.29) is 5.97 Å². The fourth-order valence-corrected chi connectivity index (χ4v) is 7.87. The normalized spacial score (nSPS) is 48.6. The number of carbonyl (C=O) groups is 1. The molecule has 0 amide bonds. The smallest absolute Gasteiger partial charge is 0.306 e. The zero-order valence-electron chi connectivity index (χ0n) is 14.8. The summed E-state index contributed by atoms with van der Waals surface area (Å²) in [5, 5.41) is 0. The number of ether oxygens (including phenoxy) is 1. The van der Waals surface area contributed by atoms with E-state index in [1.165, 1.54) is 38.5 Å². The Labute approximate surface area is 140 Å². The second-order valence-corrected chi connectivity index (χ2v) is 9.70. The average Bonchev–Trinajstić information content (AvgIpc) is 2.53. The molecule has 0 aromatic carbocycles. The van der Waals surface area contributed by atoms with Gasteiger partial charge in [-0.25, -0.2) is 0 Å². The molecule has 0 radical (unpaired) electrons. The van der Waals surface area contributed by atoms with Gasteiger partial charge in [0.05, 0.1) is 13.0 Å². The molecule has 0 bridgehead atoms. The number of hydrogen-bond acceptors (Lipinski definition) is 2. The minimum atomic E-state index is 0.123. The molecule has 6 fully saturated rings. The summed E-state index contributed by atoms with van der Waals surface area (Å²) >= 11 is 0. The Kier molecular flexibility index (Phi) is 3.21. The first-order valence-corrected chi connectivity index (χ1v) is 10.3. The van der Waals surface area contributed by atoms with Crippen molar-refractivity contribution in [3.63, 3.8) is 0 Å². The highest BCUT2D eigenvalue weighted by molar-refractivity contribution is 5.73. The zero-order chi connectivity index (χ0) is 15.8. The van der Waals surface area contributed by atoms with E-state index in [1.807, 2.05) is 0 Å². The Morgan fingerprint density at radius 2 is 1.43 bits per heavy atom. The Morgan fingerprint density at radius 3 is 2.04 bits per heavy atom. The molecule has 0 saturated heterocycles. The fourth-order valence-electron chi connectivity index (χ4n) is 7.87. The van der Waals surface area contributed by atoms with Crippen LogP contribution < -0.4 is 0 Å². The van der Waals surface area contributed by atoms with Crippen molar-refractivity contribution in [2.24, 2.45) is 52.8 Å². The number of rotatable bonds is 11. The summed E-state index contributed by atoms with van der Waals surface area (Å²) in [6.45, 7) is 5.27. The number of hydrogen-bond donors (Lipinski definition) is 0. The maximum atomic E-state index is 12.1. The highest BCUT2D eigenvalue weighted by Crippen LogP contribution is 3.06. The zero-order valence-corrected chi connectivity index (χ0v) is 14.8. The molecule has 0 unspecified atom stereocenters. The van der Waals surface area contributed by atoms with Crippen LogP contribution in [0.1, 0.15) is 65.2 Å². The first-order valence-electron chi connectivity index (χ1n) is 10.3. The van der Waals surface area contributed by atoms with Gasteiger partial charge in [0, 0.05) is 0 Å². The fraction of sp³-hybridized carbons (Fsp3) is 0.952. The van der Waals surface area contributed by atoms with Crippen molar-refractivity contribution in [1.29, 1.82) is 0 Å². The van der Waals surface area contributed by atoms with Crippen LogP contribution in [-0.2, 0) is 9.53 Å². The van der Waals surface area contributed by atoms with Gasteiger partial charge in [0.15, 0.2) is 0 Å². The van der Waals surface area contributed by atoms with Crippen LogP contribution in [0.2, 0.25) is 0 Å². The molecule has 0 aromatic heterocycles. The SMILES string of the molecule is CC(C)CCCCCCCCOC(=O)CC12C3C4C5C3C1C5C42.